The van der Waals surface area contributed by atoms with E-state index in [0.717, 1.165) is 12.1 Å². The van der Waals surface area contributed by atoms with E-state index in [-0.39, 0.29) is 0 Å². The Morgan fingerprint density at radius 1 is 1.05 bits per heavy atom. The van der Waals surface area contributed by atoms with Crippen molar-refractivity contribution in [1.82, 2.24) is 9.88 Å². The molecule has 1 aromatic heterocycles. The minimum Gasteiger partial charge on any atom is -0.344 e. The number of nitrogens with one attached hydrogen (secondary N) is 1. The molecule has 2 nitrogen and oxygen atoms in total. The van der Waals surface area contributed by atoms with Gasteiger partial charge in [-0.15, -0.1) is 0 Å². The van der Waals surface area contributed by atoms with Gasteiger partial charge in [0.25, 0.3) is 0 Å². The zero-order chi connectivity index (χ0) is 12.4. The topological polar surface area (TPSA) is 17.0 Å². The second-order valence-electron chi connectivity index (χ2n) is 6.52. The number of para-hydroxylation sites is 1. The smallest absolute Gasteiger partial charge is 0.0518 e. The predicted octanol–water partition coefficient (Wildman–Crippen LogP) is 2.81. The summed E-state index contributed by atoms with van der Waals surface area (Å²) in [5.41, 5.74) is 6.42. The standard InChI is InChI=1S/C17H20N2/c1-2-11-8-9-19-16-7-6-13(18-12-4-5-12)10-15(16)14(3-1)17(11)19/h1-3,12-13,18H,4-10H2. The van der Waals surface area contributed by atoms with E-state index in [9.17, 15) is 0 Å². The van der Waals surface area contributed by atoms with Gasteiger partial charge in [0.1, 0.15) is 0 Å². The van der Waals surface area contributed by atoms with Crippen LogP contribution in [0, 0.1) is 0 Å². The molecule has 1 N–H and O–H groups in total. The molecule has 1 unspecified atom stereocenters. The van der Waals surface area contributed by atoms with E-state index in [2.05, 4.69) is 28.1 Å². The summed E-state index contributed by atoms with van der Waals surface area (Å²) in [6, 6.07) is 8.48. The normalized spacial score (nSPS) is 24.9. The van der Waals surface area contributed by atoms with E-state index in [4.69, 9.17) is 0 Å². The first kappa shape index (κ1) is 10.5. The number of hydrogen-bond acceptors (Lipinski definition) is 1. The molecule has 1 fully saturated rings. The van der Waals surface area contributed by atoms with Crippen LogP contribution in [-0.4, -0.2) is 16.7 Å². The molecular weight excluding hydrogens is 232 g/mol. The van der Waals surface area contributed by atoms with Gasteiger partial charge in [0.2, 0.25) is 0 Å². The van der Waals surface area contributed by atoms with Gasteiger partial charge in [0, 0.05) is 29.7 Å². The lowest BCUT2D eigenvalue weighted by atomic mass is 9.90. The maximum Gasteiger partial charge on any atom is 0.0518 e. The predicted molar refractivity (Wildman–Crippen MR) is 77.6 cm³/mol. The molecule has 1 aromatic carbocycles. The van der Waals surface area contributed by atoms with Crippen LogP contribution >= 0.6 is 0 Å². The van der Waals surface area contributed by atoms with Crippen molar-refractivity contribution in [2.24, 2.45) is 0 Å². The molecule has 5 rings (SSSR count). The zero-order valence-corrected chi connectivity index (χ0v) is 11.3. The third-order valence-electron chi connectivity index (χ3n) is 5.22. The molecule has 2 heterocycles. The summed E-state index contributed by atoms with van der Waals surface area (Å²) in [5, 5.41) is 5.38. The molecule has 1 atom stereocenters. The molecule has 19 heavy (non-hydrogen) atoms. The first-order valence-electron chi connectivity index (χ1n) is 7.78. The molecule has 0 spiro atoms. The van der Waals surface area contributed by atoms with E-state index in [1.807, 2.05) is 0 Å². The fourth-order valence-electron chi connectivity index (χ4n) is 4.19. The summed E-state index contributed by atoms with van der Waals surface area (Å²) < 4.78 is 2.62. The molecule has 3 aliphatic rings. The second kappa shape index (κ2) is 3.63. The van der Waals surface area contributed by atoms with Crippen LogP contribution in [0.15, 0.2) is 18.2 Å². The number of hydrogen-bond donors (Lipinski definition) is 1. The molecule has 0 bridgehead atoms. The van der Waals surface area contributed by atoms with Crippen molar-refractivity contribution < 1.29 is 0 Å². The summed E-state index contributed by atoms with van der Waals surface area (Å²) in [6.07, 6.45) is 7.88. The quantitative estimate of drug-likeness (QED) is 0.869. The van der Waals surface area contributed by atoms with Crippen LogP contribution < -0.4 is 5.32 Å². The van der Waals surface area contributed by atoms with Crippen LogP contribution in [0.25, 0.3) is 10.9 Å². The molecular formula is C17H20N2. The summed E-state index contributed by atoms with van der Waals surface area (Å²) in [7, 11) is 0. The molecule has 0 saturated heterocycles. The van der Waals surface area contributed by atoms with Crippen molar-refractivity contribution in [1.29, 1.82) is 0 Å². The maximum absolute atomic E-state index is 3.83. The molecule has 1 aliphatic heterocycles. The Kier molecular flexibility index (Phi) is 2.01. The lowest BCUT2D eigenvalue weighted by molar-refractivity contribution is 0.448. The number of nitrogens with zero attached hydrogens (tertiary/aromatic N) is 1. The van der Waals surface area contributed by atoms with Crippen LogP contribution in [-0.2, 0) is 25.8 Å². The molecule has 0 radical (unpaired) electrons. The van der Waals surface area contributed by atoms with Crippen molar-refractivity contribution in [3.05, 3.63) is 35.0 Å². The largest absolute Gasteiger partial charge is 0.344 e. The SMILES string of the molecule is c1cc2c3c(c1)c1c(n3CC2)CCC(NC2CC2)C1. The monoisotopic (exact) mass is 252 g/mol. The van der Waals surface area contributed by atoms with Crippen molar-refractivity contribution in [3.63, 3.8) is 0 Å². The average Bonchev–Trinajstić information content (AvgIpc) is 3.06. The summed E-state index contributed by atoms with van der Waals surface area (Å²) in [4.78, 5) is 0. The fraction of sp³-hybridized carbons (Fsp3) is 0.529. The van der Waals surface area contributed by atoms with E-state index < -0.39 is 0 Å². The third kappa shape index (κ3) is 1.47. The molecule has 2 heteroatoms. The van der Waals surface area contributed by atoms with Gasteiger partial charge in [-0.3, -0.25) is 0 Å². The minimum absolute atomic E-state index is 0.724. The van der Waals surface area contributed by atoms with Gasteiger partial charge in [-0.25, -0.2) is 0 Å². The Labute approximate surface area is 113 Å². The fourth-order valence-corrected chi connectivity index (χ4v) is 4.19. The minimum atomic E-state index is 0.724. The van der Waals surface area contributed by atoms with Gasteiger partial charge >= 0.3 is 0 Å². The number of aryl methyl sites for hydroxylation is 2. The van der Waals surface area contributed by atoms with E-state index in [1.54, 1.807) is 27.7 Å². The molecule has 98 valence electrons. The molecule has 1 saturated carbocycles. The van der Waals surface area contributed by atoms with Crippen LogP contribution in [0.4, 0.5) is 0 Å². The maximum atomic E-state index is 3.83. The third-order valence-corrected chi connectivity index (χ3v) is 5.22. The number of rotatable bonds is 2. The lowest BCUT2D eigenvalue weighted by Crippen LogP contribution is -2.36. The van der Waals surface area contributed by atoms with Crippen LogP contribution in [0.2, 0.25) is 0 Å². The highest BCUT2D eigenvalue weighted by molar-refractivity contribution is 5.89. The number of aromatic nitrogens is 1. The van der Waals surface area contributed by atoms with E-state index in [0.29, 0.717) is 0 Å². The Morgan fingerprint density at radius 3 is 2.89 bits per heavy atom. The van der Waals surface area contributed by atoms with Crippen LogP contribution in [0.3, 0.4) is 0 Å². The molecule has 2 aromatic rings. The highest BCUT2D eigenvalue weighted by Crippen LogP contribution is 2.37. The highest BCUT2D eigenvalue weighted by atomic mass is 15.0. The van der Waals surface area contributed by atoms with Gasteiger partial charge in [-0.1, -0.05) is 18.2 Å². The number of fused-ring (bicyclic) bond motifs is 3. The van der Waals surface area contributed by atoms with Crippen molar-refractivity contribution in [3.8, 4) is 0 Å². The van der Waals surface area contributed by atoms with Gasteiger partial charge in [0.05, 0.1) is 5.52 Å². The second-order valence-corrected chi connectivity index (χ2v) is 6.52. The van der Waals surface area contributed by atoms with Crippen LogP contribution in [0.1, 0.15) is 36.1 Å². The number of benzene rings is 1. The molecule has 0 amide bonds. The zero-order valence-electron chi connectivity index (χ0n) is 11.3. The lowest BCUT2D eigenvalue weighted by Gasteiger charge is -2.25. The van der Waals surface area contributed by atoms with Gasteiger partial charge < -0.3 is 9.88 Å². The Hall–Kier alpha value is -1.28. The summed E-state index contributed by atoms with van der Waals surface area (Å²) >= 11 is 0. The Balaban J connectivity index is 1.62. The van der Waals surface area contributed by atoms with Gasteiger partial charge in [-0.05, 0) is 49.7 Å². The summed E-state index contributed by atoms with van der Waals surface area (Å²) in [6.45, 7) is 1.21. The van der Waals surface area contributed by atoms with Crippen molar-refractivity contribution >= 4 is 10.9 Å². The molecule has 2 aliphatic carbocycles. The van der Waals surface area contributed by atoms with Crippen molar-refractivity contribution in [2.75, 3.05) is 0 Å². The van der Waals surface area contributed by atoms with Crippen LogP contribution in [0.5, 0.6) is 0 Å². The van der Waals surface area contributed by atoms with Crippen molar-refractivity contribution in [2.45, 2.75) is 57.2 Å². The summed E-state index contributed by atoms with van der Waals surface area (Å²) in [5.74, 6) is 0. The van der Waals surface area contributed by atoms with E-state index >= 15 is 0 Å². The Bertz CT molecular complexity index is 663. The highest BCUT2D eigenvalue weighted by Gasteiger charge is 2.31. The first-order valence-corrected chi connectivity index (χ1v) is 7.78. The Morgan fingerprint density at radius 2 is 2.00 bits per heavy atom. The van der Waals surface area contributed by atoms with E-state index in [1.165, 1.54) is 45.1 Å². The van der Waals surface area contributed by atoms with Gasteiger partial charge in [-0.2, -0.15) is 0 Å². The first-order chi connectivity index (χ1) is 9.40. The average molecular weight is 252 g/mol. The van der Waals surface area contributed by atoms with Gasteiger partial charge in [0.15, 0.2) is 0 Å².